The Morgan fingerprint density at radius 2 is 2.47 bits per heavy atom. The van der Waals surface area contributed by atoms with Crippen LogP contribution in [0.15, 0.2) is 18.3 Å². The van der Waals surface area contributed by atoms with Gasteiger partial charge in [0, 0.05) is 24.8 Å². The van der Waals surface area contributed by atoms with E-state index in [0.29, 0.717) is 12.5 Å². The predicted octanol–water partition coefficient (Wildman–Crippen LogP) is 1.40. The van der Waals surface area contributed by atoms with Crippen LogP contribution in [0.25, 0.3) is 0 Å². The first-order chi connectivity index (χ1) is 9.31. The van der Waals surface area contributed by atoms with Crippen LogP contribution in [-0.4, -0.2) is 36.4 Å². The zero-order valence-electron chi connectivity index (χ0n) is 11.2. The largest absolute Gasteiger partial charge is 0.490 e. The highest BCUT2D eigenvalue weighted by molar-refractivity contribution is 5.51. The molecule has 5 heteroatoms. The third kappa shape index (κ3) is 2.28. The molecule has 3 rings (SSSR count). The molecule has 4 unspecified atom stereocenters. The van der Waals surface area contributed by atoms with Gasteiger partial charge >= 0.3 is 0 Å². The first-order valence-electron chi connectivity index (χ1n) is 7.03. The molecule has 0 radical (unpaired) electrons. The Kier molecular flexibility index (Phi) is 3.57. The van der Waals surface area contributed by atoms with Crippen LogP contribution < -0.4 is 15.8 Å². The van der Waals surface area contributed by atoms with Gasteiger partial charge in [0.2, 0.25) is 0 Å². The van der Waals surface area contributed by atoms with Gasteiger partial charge in [0.15, 0.2) is 11.6 Å². The SMILES string of the molecule is CCOc1cccnc1NC1C(N)C2CCCOC21. The van der Waals surface area contributed by atoms with E-state index in [0.717, 1.165) is 24.6 Å². The fourth-order valence-corrected chi connectivity index (χ4v) is 3.05. The highest BCUT2D eigenvalue weighted by atomic mass is 16.5. The molecule has 104 valence electrons. The summed E-state index contributed by atoms with van der Waals surface area (Å²) in [5, 5.41) is 3.39. The molecule has 1 saturated heterocycles. The summed E-state index contributed by atoms with van der Waals surface area (Å²) in [5.41, 5.74) is 6.24. The molecule has 19 heavy (non-hydrogen) atoms. The summed E-state index contributed by atoms with van der Waals surface area (Å²) in [6.45, 7) is 3.43. The van der Waals surface area contributed by atoms with Crippen molar-refractivity contribution in [2.24, 2.45) is 11.7 Å². The Balaban J connectivity index is 1.71. The maximum atomic E-state index is 6.24. The summed E-state index contributed by atoms with van der Waals surface area (Å²) in [6.07, 6.45) is 4.27. The number of rotatable bonds is 4. The van der Waals surface area contributed by atoms with Crippen molar-refractivity contribution in [2.75, 3.05) is 18.5 Å². The van der Waals surface area contributed by atoms with Crippen molar-refractivity contribution in [2.45, 2.75) is 38.0 Å². The average molecular weight is 263 g/mol. The monoisotopic (exact) mass is 263 g/mol. The fourth-order valence-electron chi connectivity index (χ4n) is 3.05. The van der Waals surface area contributed by atoms with E-state index in [1.165, 1.54) is 6.42 Å². The van der Waals surface area contributed by atoms with Crippen molar-refractivity contribution in [3.05, 3.63) is 18.3 Å². The lowest BCUT2D eigenvalue weighted by atomic mass is 9.68. The first-order valence-corrected chi connectivity index (χ1v) is 7.03. The van der Waals surface area contributed by atoms with Crippen LogP contribution in [0.1, 0.15) is 19.8 Å². The van der Waals surface area contributed by atoms with Crippen molar-refractivity contribution >= 4 is 5.82 Å². The molecule has 0 aromatic carbocycles. The summed E-state index contributed by atoms with van der Waals surface area (Å²) in [7, 11) is 0. The molecule has 1 aliphatic carbocycles. The zero-order valence-corrected chi connectivity index (χ0v) is 11.2. The van der Waals surface area contributed by atoms with Crippen molar-refractivity contribution in [1.82, 2.24) is 4.98 Å². The molecule has 4 atom stereocenters. The van der Waals surface area contributed by atoms with E-state index in [4.69, 9.17) is 15.2 Å². The minimum atomic E-state index is 0.138. The van der Waals surface area contributed by atoms with E-state index < -0.39 is 0 Å². The summed E-state index contributed by atoms with van der Waals surface area (Å²) in [6, 6.07) is 4.07. The van der Waals surface area contributed by atoms with Crippen molar-refractivity contribution in [3.63, 3.8) is 0 Å². The molecule has 0 spiro atoms. The molecule has 1 aromatic heterocycles. The van der Waals surface area contributed by atoms with Crippen LogP contribution in [0.2, 0.25) is 0 Å². The first kappa shape index (κ1) is 12.7. The molecule has 1 saturated carbocycles. The standard InChI is InChI=1S/C14H21N3O2/c1-2-18-10-6-3-7-16-14(10)17-12-11(15)9-5-4-8-19-13(9)12/h3,6-7,9,11-13H,2,4-5,8,15H2,1H3,(H,16,17). The second-order valence-electron chi connectivity index (χ2n) is 5.17. The molecule has 2 heterocycles. The summed E-state index contributed by atoms with van der Waals surface area (Å²) < 4.78 is 11.4. The van der Waals surface area contributed by atoms with Gasteiger partial charge in [0.1, 0.15) is 0 Å². The van der Waals surface area contributed by atoms with Crippen LogP contribution in [-0.2, 0) is 4.74 Å². The quantitative estimate of drug-likeness (QED) is 0.859. The fraction of sp³-hybridized carbons (Fsp3) is 0.643. The van der Waals surface area contributed by atoms with Crippen LogP contribution in [0.3, 0.4) is 0 Å². The lowest BCUT2D eigenvalue weighted by Gasteiger charge is -2.52. The molecule has 2 fully saturated rings. The van der Waals surface area contributed by atoms with Gasteiger partial charge < -0.3 is 20.5 Å². The van der Waals surface area contributed by atoms with Crippen LogP contribution >= 0.6 is 0 Å². The molecular weight excluding hydrogens is 242 g/mol. The van der Waals surface area contributed by atoms with E-state index in [1.54, 1.807) is 6.20 Å². The molecule has 0 amide bonds. The maximum absolute atomic E-state index is 6.24. The number of nitrogens with two attached hydrogens (primary N) is 1. The van der Waals surface area contributed by atoms with Gasteiger partial charge in [-0.05, 0) is 31.9 Å². The van der Waals surface area contributed by atoms with Gasteiger partial charge in [-0.1, -0.05) is 0 Å². The smallest absolute Gasteiger partial charge is 0.169 e. The lowest BCUT2D eigenvalue weighted by Crippen LogP contribution is -2.69. The van der Waals surface area contributed by atoms with Gasteiger partial charge in [-0.3, -0.25) is 0 Å². The lowest BCUT2D eigenvalue weighted by molar-refractivity contribution is -0.104. The number of pyridine rings is 1. The van der Waals surface area contributed by atoms with Crippen molar-refractivity contribution in [1.29, 1.82) is 0 Å². The predicted molar refractivity (Wildman–Crippen MR) is 73.3 cm³/mol. The number of fused-ring (bicyclic) bond motifs is 1. The van der Waals surface area contributed by atoms with E-state index in [-0.39, 0.29) is 18.2 Å². The Hall–Kier alpha value is -1.33. The second kappa shape index (κ2) is 5.35. The van der Waals surface area contributed by atoms with Gasteiger partial charge in [-0.25, -0.2) is 4.98 Å². The van der Waals surface area contributed by atoms with Crippen LogP contribution in [0.4, 0.5) is 5.82 Å². The summed E-state index contributed by atoms with van der Waals surface area (Å²) in [4.78, 5) is 4.34. The minimum Gasteiger partial charge on any atom is -0.490 e. The number of nitrogens with zero attached hydrogens (tertiary/aromatic N) is 1. The van der Waals surface area contributed by atoms with Crippen molar-refractivity contribution < 1.29 is 9.47 Å². The molecule has 5 nitrogen and oxygen atoms in total. The van der Waals surface area contributed by atoms with Crippen molar-refractivity contribution in [3.8, 4) is 5.75 Å². The second-order valence-corrected chi connectivity index (χ2v) is 5.17. The Morgan fingerprint density at radius 3 is 3.32 bits per heavy atom. The number of hydrogen-bond donors (Lipinski definition) is 2. The Labute approximate surface area is 113 Å². The van der Waals surface area contributed by atoms with E-state index in [1.807, 2.05) is 19.1 Å². The summed E-state index contributed by atoms with van der Waals surface area (Å²) in [5.74, 6) is 2.03. The Morgan fingerprint density at radius 1 is 1.58 bits per heavy atom. The van der Waals surface area contributed by atoms with Gasteiger partial charge in [0.05, 0.1) is 18.8 Å². The van der Waals surface area contributed by atoms with Gasteiger partial charge in [-0.2, -0.15) is 0 Å². The number of aromatic nitrogens is 1. The average Bonchev–Trinajstić information content (AvgIpc) is 2.46. The van der Waals surface area contributed by atoms with Gasteiger partial charge in [-0.15, -0.1) is 0 Å². The number of hydrogen-bond acceptors (Lipinski definition) is 5. The number of ether oxygens (including phenoxy) is 2. The molecule has 3 N–H and O–H groups in total. The van der Waals surface area contributed by atoms with E-state index >= 15 is 0 Å². The zero-order chi connectivity index (χ0) is 13.2. The molecule has 0 bridgehead atoms. The normalized spacial score (nSPS) is 33.2. The van der Waals surface area contributed by atoms with Crippen LogP contribution in [0.5, 0.6) is 5.75 Å². The number of anilines is 1. The third-order valence-electron chi connectivity index (χ3n) is 4.05. The molecule has 1 aliphatic heterocycles. The molecule has 2 aliphatic rings. The topological polar surface area (TPSA) is 69.4 Å². The highest BCUT2D eigenvalue weighted by Gasteiger charge is 2.50. The highest BCUT2D eigenvalue weighted by Crippen LogP contribution is 2.39. The van der Waals surface area contributed by atoms with Gasteiger partial charge in [0.25, 0.3) is 0 Å². The van der Waals surface area contributed by atoms with E-state index in [2.05, 4.69) is 10.3 Å². The number of nitrogens with one attached hydrogen (secondary N) is 1. The molecular formula is C14H21N3O2. The third-order valence-corrected chi connectivity index (χ3v) is 4.05. The maximum Gasteiger partial charge on any atom is 0.169 e. The van der Waals surface area contributed by atoms with Crippen LogP contribution in [0, 0.1) is 5.92 Å². The Bertz CT molecular complexity index is 440. The van der Waals surface area contributed by atoms with E-state index in [9.17, 15) is 0 Å². The minimum absolute atomic E-state index is 0.138. The summed E-state index contributed by atoms with van der Waals surface area (Å²) >= 11 is 0. The molecule has 1 aromatic rings.